The molecule has 33 heavy (non-hydrogen) atoms. The zero-order valence-corrected chi connectivity index (χ0v) is 19.4. The van der Waals surface area contributed by atoms with Gasteiger partial charge in [0.25, 0.3) is 0 Å². The number of imidazole rings is 1. The highest BCUT2D eigenvalue weighted by molar-refractivity contribution is 5.97. The van der Waals surface area contributed by atoms with Crippen molar-refractivity contribution in [1.29, 1.82) is 0 Å². The van der Waals surface area contributed by atoms with Gasteiger partial charge in [0.2, 0.25) is 5.91 Å². The third-order valence-corrected chi connectivity index (χ3v) is 6.61. The molecular weight excluding hydrogens is 410 g/mol. The summed E-state index contributed by atoms with van der Waals surface area (Å²) in [6.07, 6.45) is 0.468. The Labute approximate surface area is 194 Å². The summed E-state index contributed by atoms with van der Waals surface area (Å²) in [7, 11) is 0. The van der Waals surface area contributed by atoms with E-state index in [9.17, 15) is 4.79 Å². The lowest BCUT2D eigenvalue weighted by Gasteiger charge is -2.20. The van der Waals surface area contributed by atoms with Gasteiger partial charge in [-0.25, -0.2) is 4.98 Å². The van der Waals surface area contributed by atoms with Crippen LogP contribution in [-0.2, 0) is 11.3 Å². The first-order valence-electron chi connectivity index (χ1n) is 11.5. The summed E-state index contributed by atoms with van der Waals surface area (Å²) in [6.45, 7) is 8.10. The van der Waals surface area contributed by atoms with Crippen LogP contribution in [0.1, 0.15) is 34.9 Å². The van der Waals surface area contributed by atoms with E-state index in [1.807, 2.05) is 53.4 Å². The third kappa shape index (κ3) is 4.11. The summed E-state index contributed by atoms with van der Waals surface area (Å²) >= 11 is 0. The van der Waals surface area contributed by atoms with E-state index in [0.29, 0.717) is 26.1 Å². The average Bonchev–Trinajstić information content (AvgIpc) is 3.36. The third-order valence-electron chi connectivity index (χ3n) is 6.61. The van der Waals surface area contributed by atoms with E-state index in [1.165, 1.54) is 11.1 Å². The van der Waals surface area contributed by atoms with E-state index in [-0.39, 0.29) is 11.8 Å². The van der Waals surface area contributed by atoms with E-state index in [1.54, 1.807) is 0 Å². The molecule has 168 valence electrons. The number of rotatable bonds is 6. The van der Waals surface area contributed by atoms with Gasteiger partial charge in [-0.1, -0.05) is 36.4 Å². The van der Waals surface area contributed by atoms with Crippen LogP contribution >= 0.6 is 0 Å². The Kier molecular flexibility index (Phi) is 5.63. The molecule has 1 aliphatic rings. The number of amides is 1. The first kappa shape index (κ1) is 21.3. The van der Waals surface area contributed by atoms with Crippen LogP contribution in [0.5, 0.6) is 5.75 Å². The Hall–Kier alpha value is -3.60. The number of hydrogen-bond acceptors (Lipinski definition) is 3. The van der Waals surface area contributed by atoms with Crippen molar-refractivity contribution < 1.29 is 9.53 Å². The second-order valence-corrected chi connectivity index (χ2v) is 8.90. The number of ether oxygens (including phenoxy) is 1. The molecule has 5 nitrogen and oxygen atoms in total. The van der Waals surface area contributed by atoms with Gasteiger partial charge in [0, 0.05) is 24.6 Å². The predicted octanol–water partition coefficient (Wildman–Crippen LogP) is 5.56. The SMILES string of the molecule is Cc1cccc(OCCn2c([C@@H]3CC(=O)N(c4cccc(C)c4C)C3)nc3ccccc32)c1. The van der Waals surface area contributed by atoms with Crippen molar-refractivity contribution in [3.63, 3.8) is 0 Å². The fraction of sp³-hybridized carbons (Fsp3) is 0.286. The summed E-state index contributed by atoms with van der Waals surface area (Å²) in [5.74, 6) is 2.04. The number of para-hydroxylation sites is 2. The molecule has 0 radical (unpaired) electrons. The smallest absolute Gasteiger partial charge is 0.227 e. The van der Waals surface area contributed by atoms with Crippen LogP contribution in [0.2, 0.25) is 0 Å². The van der Waals surface area contributed by atoms with Crippen LogP contribution in [0, 0.1) is 20.8 Å². The number of nitrogens with zero attached hydrogens (tertiary/aromatic N) is 3. The molecule has 0 saturated carbocycles. The van der Waals surface area contributed by atoms with Gasteiger partial charge in [-0.3, -0.25) is 4.79 Å². The summed E-state index contributed by atoms with van der Waals surface area (Å²) in [6, 6.07) is 22.4. The maximum Gasteiger partial charge on any atom is 0.227 e. The van der Waals surface area contributed by atoms with E-state index >= 15 is 0 Å². The molecule has 1 aliphatic heterocycles. The molecule has 4 aromatic rings. The van der Waals surface area contributed by atoms with Gasteiger partial charge < -0.3 is 14.2 Å². The minimum absolute atomic E-state index is 0.0452. The van der Waals surface area contributed by atoms with Gasteiger partial charge in [-0.05, 0) is 67.8 Å². The summed E-state index contributed by atoms with van der Waals surface area (Å²) in [4.78, 5) is 19.9. The van der Waals surface area contributed by atoms with E-state index < -0.39 is 0 Å². The van der Waals surface area contributed by atoms with Gasteiger partial charge in [0.15, 0.2) is 0 Å². The molecule has 1 aromatic heterocycles. The van der Waals surface area contributed by atoms with Crippen LogP contribution < -0.4 is 9.64 Å². The van der Waals surface area contributed by atoms with Crippen molar-refractivity contribution in [3.05, 3.63) is 89.2 Å². The minimum Gasteiger partial charge on any atom is -0.492 e. The maximum absolute atomic E-state index is 13.0. The molecule has 5 rings (SSSR count). The molecule has 2 heterocycles. The zero-order chi connectivity index (χ0) is 22.9. The summed E-state index contributed by atoms with van der Waals surface area (Å²) < 4.78 is 8.27. The number of anilines is 1. The fourth-order valence-corrected chi connectivity index (χ4v) is 4.74. The lowest BCUT2D eigenvalue weighted by Crippen LogP contribution is -2.25. The van der Waals surface area contributed by atoms with Crippen LogP contribution in [0.15, 0.2) is 66.7 Å². The lowest BCUT2D eigenvalue weighted by molar-refractivity contribution is -0.117. The molecule has 1 fully saturated rings. The predicted molar refractivity (Wildman–Crippen MR) is 132 cm³/mol. The van der Waals surface area contributed by atoms with Crippen LogP contribution in [0.25, 0.3) is 11.0 Å². The number of fused-ring (bicyclic) bond motifs is 1. The zero-order valence-electron chi connectivity index (χ0n) is 19.4. The number of hydrogen-bond donors (Lipinski definition) is 0. The van der Waals surface area contributed by atoms with E-state index in [2.05, 4.69) is 43.5 Å². The minimum atomic E-state index is 0.0452. The molecule has 0 aliphatic carbocycles. The summed E-state index contributed by atoms with van der Waals surface area (Å²) in [5, 5.41) is 0. The monoisotopic (exact) mass is 439 g/mol. The fourth-order valence-electron chi connectivity index (χ4n) is 4.74. The average molecular weight is 440 g/mol. The second-order valence-electron chi connectivity index (χ2n) is 8.90. The Morgan fingerprint density at radius 2 is 1.82 bits per heavy atom. The van der Waals surface area contributed by atoms with Crippen molar-refractivity contribution in [1.82, 2.24) is 9.55 Å². The van der Waals surface area contributed by atoms with Gasteiger partial charge in [0.05, 0.1) is 17.6 Å². The standard InChI is InChI=1S/C28H29N3O2/c1-19-8-6-10-23(16-19)33-15-14-30-26-12-5-4-11-24(26)29-28(30)22-17-27(32)31(18-22)25-13-7-9-20(2)21(25)3/h4-13,16,22H,14-15,17-18H2,1-3H3/t22-/m1/s1. The van der Waals surface area contributed by atoms with Crippen molar-refractivity contribution in [2.75, 3.05) is 18.1 Å². The molecule has 3 aromatic carbocycles. The molecule has 1 atom stereocenters. The number of benzene rings is 3. The highest BCUT2D eigenvalue weighted by Gasteiger charge is 2.35. The van der Waals surface area contributed by atoms with Gasteiger partial charge >= 0.3 is 0 Å². The highest BCUT2D eigenvalue weighted by Crippen LogP contribution is 2.35. The molecule has 1 saturated heterocycles. The number of aromatic nitrogens is 2. The van der Waals surface area contributed by atoms with Gasteiger partial charge in [0.1, 0.15) is 18.2 Å². The van der Waals surface area contributed by atoms with E-state index in [0.717, 1.165) is 33.9 Å². The molecule has 0 unspecified atom stereocenters. The van der Waals surface area contributed by atoms with Crippen LogP contribution in [0.4, 0.5) is 5.69 Å². The summed E-state index contributed by atoms with van der Waals surface area (Å²) in [5.41, 5.74) is 6.58. The normalized spacial score (nSPS) is 16.0. The second kappa shape index (κ2) is 8.74. The highest BCUT2D eigenvalue weighted by atomic mass is 16.5. The van der Waals surface area contributed by atoms with E-state index in [4.69, 9.17) is 9.72 Å². The quantitative estimate of drug-likeness (QED) is 0.395. The maximum atomic E-state index is 13.0. The molecule has 0 N–H and O–H groups in total. The molecule has 5 heteroatoms. The molecule has 1 amide bonds. The van der Waals surface area contributed by atoms with Crippen molar-refractivity contribution >= 4 is 22.6 Å². The lowest BCUT2D eigenvalue weighted by atomic mass is 10.1. The topological polar surface area (TPSA) is 47.4 Å². The number of aryl methyl sites for hydroxylation is 2. The number of carbonyl (C=O) groups excluding carboxylic acids is 1. The van der Waals surface area contributed by atoms with Crippen molar-refractivity contribution in [2.45, 2.75) is 39.7 Å². The first-order valence-corrected chi connectivity index (χ1v) is 11.5. The Morgan fingerprint density at radius 3 is 2.67 bits per heavy atom. The van der Waals surface area contributed by atoms with Crippen molar-refractivity contribution in [3.8, 4) is 5.75 Å². The van der Waals surface area contributed by atoms with Crippen molar-refractivity contribution in [2.24, 2.45) is 0 Å². The molecule has 0 spiro atoms. The molecular formula is C28H29N3O2. The van der Waals surface area contributed by atoms with Gasteiger partial charge in [-0.15, -0.1) is 0 Å². The molecule has 0 bridgehead atoms. The Morgan fingerprint density at radius 1 is 1.00 bits per heavy atom. The number of carbonyl (C=O) groups is 1. The van der Waals surface area contributed by atoms with Crippen LogP contribution in [-0.4, -0.2) is 28.6 Å². The van der Waals surface area contributed by atoms with Gasteiger partial charge in [-0.2, -0.15) is 0 Å². The first-order chi connectivity index (χ1) is 16.0. The van der Waals surface area contributed by atoms with Crippen LogP contribution in [0.3, 0.4) is 0 Å². The Balaban J connectivity index is 1.42. The largest absolute Gasteiger partial charge is 0.492 e. The Bertz CT molecular complexity index is 1320.